The fraction of sp³-hybridized carbons (Fsp3) is 0.333. The van der Waals surface area contributed by atoms with Crippen molar-refractivity contribution in [2.24, 2.45) is 0 Å². The number of aromatic amines is 1. The molecular formula is C12H11F2N3O2S2. The lowest BCUT2D eigenvalue weighted by Crippen LogP contribution is -2.17. The molecule has 0 aromatic carbocycles. The van der Waals surface area contributed by atoms with Gasteiger partial charge in [-0.1, -0.05) is 11.8 Å². The molecule has 0 saturated heterocycles. The van der Waals surface area contributed by atoms with Crippen LogP contribution in [0, 0.1) is 0 Å². The van der Waals surface area contributed by atoms with Gasteiger partial charge in [0.05, 0.1) is 5.51 Å². The van der Waals surface area contributed by atoms with Crippen LogP contribution in [-0.4, -0.2) is 20.7 Å². The molecule has 5 nitrogen and oxygen atoms in total. The predicted octanol–water partition coefficient (Wildman–Crippen LogP) is 2.83. The Balaban J connectivity index is 2.21. The van der Waals surface area contributed by atoms with E-state index < -0.39 is 17.2 Å². The quantitative estimate of drug-likeness (QED) is 0.518. The third kappa shape index (κ3) is 3.94. The van der Waals surface area contributed by atoms with Crippen molar-refractivity contribution in [2.45, 2.75) is 30.7 Å². The average Bonchev–Trinajstić information content (AvgIpc) is 2.83. The molecule has 9 heteroatoms. The third-order valence-corrected chi connectivity index (χ3v) is 4.40. The first kappa shape index (κ1) is 15.8. The van der Waals surface area contributed by atoms with Crippen molar-refractivity contribution in [3.63, 3.8) is 0 Å². The van der Waals surface area contributed by atoms with E-state index in [4.69, 9.17) is 0 Å². The molecule has 0 aliphatic carbocycles. The predicted molar refractivity (Wildman–Crippen MR) is 76.1 cm³/mol. The zero-order valence-corrected chi connectivity index (χ0v) is 12.8. The lowest BCUT2D eigenvalue weighted by Gasteiger charge is -2.09. The molecule has 0 saturated carbocycles. The fourth-order valence-electron chi connectivity index (χ4n) is 1.52. The fourth-order valence-corrected chi connectivity index (χ4v) is 3.31. The maximum Gasteiger partial charge on any atom is 0.287 e. The second-order valence-corrected chi connectivity index (χ2v) is 6.20. The summed E-state index contributed by atoms with van der Waals surface area (Å²) in [5.74, 6) is -3.03. The number of hydrogen-bond acceptors (Lipinski definition) is 6. The third-order valence-electron chi connectivity index (χ3n) is 2.48. The number of halogens is 2. The number of nitrogens with zero attached hydrogens (tertiary/aromatic N) is 2. The van der Waals surface area contributed by atoms with Gasteiger partial charge >= 0.3 is 0 Å². The van der Waals surface area contributed by atoms with E-state index in [0.717, 1.165) is 17.8 Å². The van der Waals surface area contributed by atoms with Gasteiger partial charge in [-0.3, -0.25) is 9.59 Å². The monoisotopic (exact) mass is 331 g/mol. The van der Waals surface area contributed by atoms with E-state index in [2.05, 4.69) is 15.0 Å². The lowest BCUT2D eigenvalue weighted by atomic mass is 10.3. The number of Topliss-reactive ketones (excluding diaryl/α,β-unsaturated/α-hetero) is 1. The van der Waals surface area contributed by atoms with Crippen LogP contribution in [0.5, 0.6) is 0 Å². The highest BCUT2D eigenvalue weighted by Gasteiger charge is 2.27. The zero-order chi connectivity index (χ0) is 15.6. The maximum absolute atomic E-state index is 13.2. The number of nitrogens with one attached hydrogen (secondary N) is 1. The van der Waals surface area contributed by atoms with Crippen molar-refractivity contribution in [1.29, 1.82) is 0 Å². The summed E-state index contributed by atoms with van der Waals surface area (Å²) >= 11 is 2.36. The first-order chi connectivity index (χ1) is 9.77. The van der Waals surface area contributed by atoms with E-state index in [-0.39, 0.29) is 10.9 Å². The second kappa shape index (κ2) is 6.02. The number of rotatable bonds is 5. The van der Waals surface area contributed by atoms with Gasteiger partial charge in [0.2, 0.25) is 0 Å². The van der Waals surface area contributed by atoms with Crippen LogP contribution in [0.3, 0.4) is 0 Å². The summed E-state index contributed by atoms with van der Waals surface area (Å²) in [6.07, 6.45) is 0. The zero-order valence-electron chi connectivity index (χ0n) is 11.1. The van der Waals surface area contributed by atoms with E-state index in [1.165, 1.54) is 18.3 Å². The van der Waals surface area contributed by atoms with Crippen molar-refractivity contribution in [3.8, 4) is 0 Å². The van der Waals surface area contributed by atoms with Gasteiger partial charge in [-0.15, -0.1) is 11.3 Å². The molecule has 0 spiro atoms. The van der Waals surface area contributed by atoms with E-state index in [1.54, 1.807) is 5.51 Å². The standard InChI is InChI=1S/C12H11F2N3O2S2/c1-6(18)10-7(21-5-15-10)4-20-11-16-8(12(2,13)14)3-9(19)17-11/h3,5H,4H2,1-2H3,(H,16,17,19). The first-order valence-electron chi connectivity index (χ1n) is 5.83. The number of carbonyl (C=O) groups is 1. The molecule has 2 heterocycles. The van der Waals surface area contributed by atoms with Crippen LogP contribution in [0.15, 0.2) is 21.5 Å². The average molecular weight is 331 g/mol. The van der Waals surface area contributed by atoms with Crippen molar-refractivity contribution >= 4 is 28.9 Å². The molecule has 0 amide bonds. The smallest absolute Gasteiger partial charge is 0.287 e. The number of hydrogen-bond donors (Lipinski definition) is 1. The molecule has 2 rings (SSSR count). The summed E-state index contributed by atoms with van der Waals surface area (Å²) in [6.45, 7) is 2.09. The summed E-state index contributed by atoms with van der Waals surface area (Å²) in [5, 5.41) is 0.0851. The molecule has 0 bridgehead atoms. The number of H-pyrrole nitrogens is 1. The van der Waals surface area contributed by atoms with Crippen LogP contribution in [0.4, 0.5) is 8.78 Å². The number of alkyl halides is 2. The molecule has 0 aliphatic rings. The lowest BCUT2D eigenvalue weighted by molar-refractivity contribution is 0.0118. The van der Waals surface area contributed by atoms with Crippen LogP contribution in [0.2, 0.25) is 0 Å². The Morgan fingerprint density at radius 2 is 2.24 bits per heavy atom. The summed E-state index contributed by atoms with van der Waals surface area (Å²) in [7, 11) is 0. The maximum atomic E-state index is 13.2. The van der Waals surface area contributed by atoms with Crippen molar-refractivity contribution in [2.75, 3.05) is 0 Å². The Bertz CT molecular complexity index is 722. The minimum absolute atomic E-state index is 0.0851. The normalized spacial score (nSPS) is 11.6. The van der Waals surface area contributed by atoms with E-state index in [0.29, 0.717) is 23.2 Å². The Labute approximate surface area is 126 Å². The van der Waals surface area contributed by atoms with Gasteiger partial charge in [-0.25, -0.2) is 9.97 Å². The van der Waals surface area contributed by atoms with Crippen molar-refractivity contribution in [1.82, 2.24) is 15.0 Å². The highest BCUT2D eigenvalue weighted by Crippen LogP contribution is 2.27. The van der Waals surface area contributed by atoms with Crippen LogP contribution in [-0.2, 0) is 11.7 Å². The van der Waals surface area contributed by atoms with E-state index in [9.17, 15) is 18.4 Å². The Hall–Kier alpha value is -1.61. The van der Waals surface area contributed by atoms with Gasteiger partial charge in [-0.2, -0.15) is 8.78 Å². The highest BCUT2D eigenvalue weighted by atomic mass is 32.2. The topological polar surface area (TPSA) is 75.7 Å². The minimum atomic E-state index is -3.18. The van der Waals surface area contributed by atoms with Crippen molar-refractivity contribution < 1.29 is 13.6 Å². The molecule has 2 aromatic heterocycles. The molecule has 112 valence electrons. The molecule has 0 fully saturated rings. The summed E-state index contributed by atoms with van der Waals surface area (Å²) < 4.78 is 26.4. The number of carbonyl (C=O) groups excluding carboxylic acids is 1. The van der Waals surface area contributed by atoms with E-state index in [1.807, 2.05) is 0 Å². The van der Waals surface area contributed by atoms with Crippen LogP contribution >= 0.6 is 23.1 Å². The van der Waals surface area contributed by atoms with Gasteiger partial charge in [0, 0.05) is 30.5 Å². The summed E-state index contributed by atoms with van der Waals surface area (Å²) in [4.78, 5) is 33.5. The molecule has 0 radical (unpaired) electrons. The van der Waals surface area contributed by atoms with Gasteiger partial charge in [0.1, 0.15) is 11.4 Å². The number of thioether (sulfide) groups is 1. The number of thiazole rings is 1. The second-order valence-electron chi connectivity index (χ2n) is 4.29. The first-order valence-corrected chi connectivity index (χ1v) is 7.69. The molecule has 0 unspecified atom stereocenters. The molecule has 2 aromatic rings. The highest BCUT2D eigenvalue weighted by molar-refractivity contribution is 7.98. The Kier molecular flexibility index (Phi) is 4.52. The SMILES string of the molecule is CC(=O)c1ncsc1CSc1nc(C(C)(F)F)cc(=O)[nH]1. The Morgan fingerprint density at radius 1 is 1.52 bits per heavy atom. The van der Waals surface area contributed by atoms with Gasteiger partial charge in [0.15, 0.2) is 10.9 Å². The number of ketones is 1. The number of aromatic nitrogens is 3. The minimum Gasteiger partial charge on any atom is -0.301 e. The molecule has 1 N–H and O–H groups in total. The van der Waals surface area contributed by atoms with Crippen molar-refractivity contribution in [3.05, 3.63) is 38.2 Å². The largest absolute Gasteiger partial charge is 0.301 e. The van der Waals surface area contributed by atoms with Gasteiger partial charge in [-0.05, 0) is 0 Å². The van der Waals surface area contributed by atoms with Gasteiger partial charge < -0.3 is 4.98 Å². The summed E-state index contributed by atoms with van der Waals surface area (Å²) in [6, 6.07) is 0.776. The molecule has 0 aliphatic heterocycles. The summed E-state index contributed by atoms with van der Waals surface area (Å²) in [5.41, 5.74) is 0.677. The molecule has 0 atom stereocenters. The molecular weight excluding hydrogens is 320 g/mol. The van der Waals surface area contributed by atoms with Crippen LogP contribution in [0.25, 0.3) is 0 Å². The molecule has 21 heavy (non-hydrogen) atoms. The van der Waals surface area contributed by atoms with Gasteiger partial charge in [0.25, 0.3) is 11.5 Å². The Morgan fingerprint density at radius 3 is 2.86 bits per heavy atom. The van der Waals surface area contributed by atoms with Crippen LogP contribution in [0.1, 0.15) is 34.9 Å². The van der Waals surface area contributed by atoms with Crippen LogP contribution < -0.4 is 5.56 Å². The van der Waals surface area contributed by atoms with E-state index >= 15 is 0 Å².